The second-order valence-electron chi connectivity index (χ2n) is 5.22. The summed E-state index contributed by atoms with van der Waals surface area (Å²) in [5, 5.41) is 22.1. The smallest absolute Gasteiger partial charge is 0.119 e. The number of aliphatic hydroxyl groups excluding tert-OH is 2. The minimum Gasteiger partial charge on any atom is -0.491 e. The fraction of sp³-hybridized carbons (Fsp3) is 0.600. The van der Waals surface area contributed by atoms with E-state index in [-0.39, 0.29) is 19.3 Å². The van der Waals surface area contributed by atoms with Crippen molar-refractivity contribution in [1.29, 1.82) is 0 Å². The molecule has 0 saturated carbocycles. The van der Waals surface area contributed by atoms with Gasteiger partial charge in [0.2, 0.25) is 0 Å². The van der Waals surface area contributed by atoms with Crippen LogP contribution >= 0.6 is 0 Å². The molecule has 0 fully saturated rings. The van der Waals surface area contributed by atoms with E-state index in [1.165, 1.54) is 5.56 Å². The first-order chi connectivity index (χ1) is 9.02. The van der Waals surface area contributed by atoms with Crippen molar-refractivity contribution in [3.8, 4) is 5.75 Å². The predicted octanol–water partition coefficient (Wildman–Crippen LogP) is 1.34. The number of aliphatic hydroxyl groups is 2. The van der Waals surface area contributed by atoms with Crippen LogP contribution in [-0.4, -0.2) is 42.1 Å². The topological polar surface area (TPSA) is 61.7 Å². The summed E-state index contributed by atoms with van der Waals surface area (Å²) in [5.41, 5.74) is 1.18. The van der Waals surface area contributed by atoms with Crippen LogP contribution in [0, 0.1) is 12.8 Å². The van der Waals surface area contributed by atoms with Gasteiger partial charge in [-0.15, -0.1) is 0 Å². The van der Waals surface area contributed by atoms with E-state index in [0.717, 1.165) is 5.75 Å². The average molecular weight is 267 g/mol. The Bertz CT molecular complexity index is 351. The van der Waals surface area contributed by atoms with Gasteiger partial charge < -0.3 is 20.3 Å². The molecular weight excluding hydrogens is 242 g/mol. The molecule has 0 aromatic heterocycles. The summed E-state index contributed by atoms with van der Waals surface area (Å²) in [4.78, 5) is 0. The quantitative estimate of drug-likeness (QED) is 0.665. The minimum atomic E-state index is -0.589. The number of rotatable bonds is 8. The molecule has 19 heavy (non-hydrogen) atoms. The lowest BCUT2D eigenvalue weighted by Crippen LogP contribution is -2.42. The lowest BCUT2D eigenvalue weighted by Gasteiger charge is -2.22. The first-order valence-corrected chi connectivity index (χ1v) is 6.74. The number of hydrogen-bond acceptors (Lipinski definition) is 4. The molecular formula is C15H25NO3. The van der Waals surface area contributed by atoms with Gasteiger partial charge in [-0.25, -0.2) is 0 Å². The first-order valence-electron chi connectivity index (χ1n) is 6.74. The van der Waals surface area contributed by atoms with Gasteiger partial charge in [-0.05, 0) is 25.0 Å². The van der Waals surface area contributed by atoms with E-state index in [1.807, 2.05) is 45.0 Å². The van der Waals surface area contributed by atoms with Crippen LogP contribution in [-0.2, 0) is 0 Å². The van der Waals surface area contributed by atoms with Gasteiger partial charge in [0, 0.05) is 12.6 Å². The maximum absolute atomic E-state index is 9.82. The Hall–Kier alpha value is -1.10. The summed E-state index contributed by atoms with van der Waals surface area (Å²) >= 11 is 0. The van der Waals surface area contributed by atoms with Crippen molar-refractivity contribution >= 4 is 0 Å². The Balaban J connectivity index is 2.27. The summed E-state index contributed by atoms with van der Waals surface area (Å²) in [6.45, 7) is 6.81. The molecule has 0 aliphatic rings. The third kappa shape index (κ3) is 6.05. The second kappa shape index (κ2) is 8.15. The fourth-order valence-corrected chi connectivity index (χ4v) is 1.68. The van der Waals surface area contributed by atoms with Gasteiger partial charge in [0.1, 0.15) is 18.5 Å². The van der Waals surface area contributed by atoms with Gasteiger partial charge in [0.25, 0.3) is 0 Å². The molecule has 0 radical (unpaired) electrons. The molecule has 0 saturated heterocycles. The Morgan fingerprint density at radius 3 is 2.37 bits per heavy atom. The molecule has 4 heteroatoms. The van der Waals surface area contributed by atoms with Crippen molar-refractivity contribution in [2.75, 3.05) is 19.8 Å². The molecule has 3 N–H and O–H groups in total. The van der Waals surface area contributed by atoms with Crippen molar-refractivity contribution in [2.24, 2.45) is 5.92 Å². The van der Waals surface area contributed by atoms with E-state index < -0.39 is 6.10 Å². The largest absolute Gasteiger partial charge is 0.491 e. The van der Waals surface area contributed by atoms with Crippen LogP contribution in [0.1, 0.15) is 19.4 Å². The molecule has 2 atom stereocenters. The van der Waals surface area contributed by atoms with E-state index in [1.54, 1.807) is 0 Å². The molecule has 0 aliphatic carbocycles. The molecule has 4 nitrogen and oxygen atoms in total. The summed E-state index contributed by atoms with van der Waals surface area (Å²) in [7, 11) is 0. The maximum atomic E-state index is 9.82. The Labute approximate surface area is 115 Å². The van der Waals surface area contributed by atoms with E-state index in [9.17, 15) is 5.11 Å². The van der Waals surface area contributed by atoms with Gasteiger partial charge >= 0.3 is 0 Å². The van der Waals surface area contributed by atoms with Gasteiger partial charge in [0.15, 0.2) is 0 Å². The molecule has 1 aromatic carbocycles. The lowest BCUT2D eigenvalue weighted by molar-refractivity contribution is 0.0962. The maximum Gasteiger partial charge on any atom is 0.119 e. The third-order valence-corrected chi connectivity index (χ3v) is 3.08. The zero-order chi connectivity index (χ0) is 14.3. The fourth-order valence-electron chi connectivity index (χ4n) is 1.68. The molecule has 0 amide bonds. The van der Waals surface area contributed by atoms with Crippen LogP contribution in [0.5, 0.6) is 5.75 Å². The van der Waals surface area contributed by atoms with Crippen LogP contribution in [0.15, 0.2) is 24.3 Å². The summed E-state index contributed by atoms with van der Waals surface area (Å²) in [5.74, 6) is 1.09. The Morgan fingerprint density at radius 2 is 1.84 bits per heavy atom. The predicted molar refractivity (Wildman–Crippen MR) is 76.4 cm³/mol. The van der Waals surface area contributed by atoms with Gasteiger partial charge in [-0.3, -0.25) is 0 Å². The highest BCUT2D eigenvalue weighted by molar-refractivity contribution is 5.26. The molecule has 2 unspecified atom stereocenters. The van der Waals surface area contributed by atoms with Crippen LogP contribution in [0.2, 0.25) is 0 Å². The highest BCUT2D eigenvalue weighted by atomic mass is 16.5. The highest BCUT2D eigenvalue weighted by Gasteiger charge is 2.13. The van der Waals surface area contributed by atoms with Gasteiger partial charge in [0.05, 0.1) is 6.61 Å². The summed E-state index contributed by atoms with van der Waals surface area (Å²) in [6, 6.07) is 7.73. The average Bonchev–Trinajstić information content (AvgIpc) is 2.38. The van der Waals surface area contributed by atoms with Crippen molar-refractivity contribution in [3.05, 3.63) is 29.8 Å². The van der Waals surface area contributed by atoms with Crippen molar-refractivity contribution < 1.29 is 14.9 Å². The van der Waals surface area contributed by atoms with Crippen LogP contribution < -0.4 is 10.1 Å². The molecule has 0 spiro atoms. The molecule has 1 rings (SSSR count). The van der Waals surface area contributed by atoms with E-state index in [4.69, 9.17) is 9.84 Å². The summed E-state index contributed by atoms with van der Waals surface area (Å²) < 4.78 is 5.50. The van der Waals surface area contributed by atoms with Crippen molar-refractivity contribution in [2.45, 2.75) is 32.9 Å². The van der Waals surface area contributed by atoms with Gasteiger partial charge in [-0.2, -0.15) is 0 Å². The first kappa shape index (κ1) is 16.0. The number of ether oxygens (including phenoxy) is 1. The standard InChI is InChI=1S/C15H25NO3/c1-11(2)15(9-17)16-8-13(18)10-19-14-6-4-12(3)5-7-14/h4-7,11,13,15-18H,8-10H2,1-3H3. The number of aryl methyl sites for hydroxylation is 1. The number of nitrogens with one attached hydrogen (secondary N) is 1. The van der Waals surface area contributed by atoms with Crippen LogP contribution in [0.4, 0.5) is 0 Å². The monoisotopic (exact) mass is 267 g/mol. The molecule has 108 valence electrons. The van der Waals surface area contributed by atoms with E-state index in [2.05, 4.69) is 5.32 Å². The van der Waals surface area contributed by atoms with Crippen LogP contribution in [0.25, 0.3) is 0 Å². The van der Waals surface area contributed by atoms with Crippen molar-refractivity contribution in [1.82, 2.24) is 5.32 Å². The lowest BCUT2D eigenvalue weighted by atomic mass is 10.1. The Kier molecular flexibility index (Phi) is 6.84. The molecule has 0 bridgehead atoms. The van der Waals surface area contributed by atoms with E-state index in [0.29, 0.717) is 12.5 Å². The highest BCUT2D eigenvalue weighted by Crippen LogP contribution is 2.11. The molecule has 1 aromatic rings. The number of hydrogen-bond donors (Lipinski definition) is 3. The van der Waals surface area contributed by atoms with E-state index >= 15 is 0 Å². The zero-order valence-electron chi connectivity index (χ0n) is 12.0. The Morgan fingerprint density at radius 1 is 1.21 bits per heavy atom. The molecule has 0 aliphatic heterocycles. The molecule has 0 heterocycles. The summed E-state index contributed by atoms with van der Waals surface area (Å²) in [6.07, 6.45) is -0.589. The van der Waals surface area contributed by atoms with Crippen LogP contribution in [0.3, 0.4) is 0 Å². The SMILES string of the molecule is Cc1ccc(OCC(O)CNC(CO)C(C)C)cc1. The minimum absolute atomic E-state index is 0.00836. The number of benzene rings is 1. The normalized spacial score (nSPS) is 14.4. The van der Waals surface area contributed by atoms with Gasteiger partial charge in [-0.1, -0.05) is 31.5 Å². The third-order valence-electron chi connectivity index (χ3n) is 3.08. The second-order valence-corrected chi connectivity index (χ2v) is 5.22. The van der Waals surface area contributed by atoms with Crippen molar-refractivity contribution in [3.63, 3.8) is 0 Å². The zero-order valence-corrected chi connectivity index (χ0v) is 12.0.